The molecule has 1 aliphatic carbocycles. The van der Waals surface area contributed by atoms with Gasteiger partial charge in [-0.15, -0.1) is 11.3 Å². The zero-order valence-electron chi connectivity index (χ0n) is 25.6. The molecule has 228 valence electrons. The Bertz CT molecular complexity index is 1550. The second kappa shape index (κ2) is 12.8. The number of anilines is 2. The Balaban J connectivity index is 1.37. The van der Waals surface area contributed by atoms with Crippen molar-refractivity contribution in [2.75, 3.05) is 17.2 Å². The van der Waals surface area contributed by atoms with Gasteiger partial charge in [0.25, 0.3) is 0 Å². The number of fused-ring (bicyclic) bond motifs is 2. The van der Waals surface area contributed by atoms with E-state index in [4.69, 9.17) is 24.4 Å². The van der Waals surface area contributed by atoms with Crippen LogP contribution in [0.2, 0.25) is 0 Å². The van der Waals surface area contributed by atoms with Crippen molar-refractivity contribution in [2.45, 2.75) is 90.9 Å². The van der Waals surface area contributed by atoms with Gasteiger partial charge in [-0.2, -0.15) is 4.98 Å². The molecule has 0 radical (unpaired) electrons. The Morgan fingerprint density at radius 1 is 1.02 bits per heavy atom. The third kappa shape index (κ3) is 5.98. The van der Waals surface area contributed by atoms with Crippen molar-refractivity contribution in [3.8, 4) is 10.6 Å². The predicted octanol–water partition coefficient (Wildman–Crippen LogP) is 6.67. The van der Waals surface area contributed by atoms with Crippen molar-refractivity contribution in [1.82, 2.24) is 19.9 Å². The lowest BCUT2D eigenvalue weighted by molar-refractivity contribution is -0.0866. The first kappa shape index (κ1) is 29.9. The standard InChI is InChI=1S/C33H42N6O3S/c1-6-11-23(18(3)7-2)37-33-35-19(4)26(31-38-27-20(5)34-15-14-25(27)43-31)30(39-33)36-24-16-22(17-40)28-29(24)42-32(41-28)21-12-9-8-10-13-21/h8-10,12-15,18,22-24,28-29,32,40H,6-7,11,16-17H2,1-5H3,(H2,35,36,37,39)/t18-,22+,23+,24?,28+,29-,32?/m0/s1. The number of thiazole rings is 1. The molecule has 6 rings (SSSR count). The molecule has 10 heteroatoms. The Kier molecular flexibility index (Phi) is 8.90. The van der Waals surface area contributed by atoms with Crippen molar-refractivity contribution in [3.63, 3.8) is 0 Å². The van der Waals surface area contributed by atoms with Gasteiger partial charge >= 0.3 is 0 Å². The largest absolute Gasteiger partial charge is 0.396 e. The monoisotopic (exact) mass is 602 g/mol. The van der Waals surface area contributed by atoms with E-state index in [-0.39, 0.29) is 36.8 Å². The number of rotatable bonds is 11. The van der Waals surface area contributed by atoms with Crippen LogP contribution in [-0.2, 0) is 9.47 Å². The van der Waals surface area contributed by atoms with Crippen LogP contribution >= 0.6 is 11.3 Å². The van der Waals surface area contributed by atoms with Crippen molar-refractivity contribution in [3.05, 3.63) is 59.5 Å². The minimum absolute atomic E-state index is 0.0322. The van der Waals surface area contributed by atoms with Gasteiger partial charge < -0.3 is 25.2 Å². The van der Waals surface area contributed by atoms with Crippen molar-refractivity contribution < 1.29 is 14.6 Å². The number of nitrogens with zero attached hydrogens (tertiary/aromatic N) is 4. The quantitative estimate of drug-likeness (QED) is 0.173. The normalized spacial score (nSPS) is 24.7. The van der Waals surface area contributed by atoms with Crippen LogP contribution in [0, 0.1) is 25.7 Å². The Morgan fingerprint density at radius 3 is 2.53 bits per heavy atom. The minimum Gasteiger partial charge on any atom is -0.396 e. The molecular formula is C33H42N6O3S. The van der Waals surface area contributed by atoms with E-state index in [9.17, 15) is 5.11 Å². The summed E-state index contributed by atoms with van der Waals surface area (Å²) in [7, 11) is 0. The molecule has 1 saturated heterocycles. The molecular weight excluding hydrogens is 560 g/mol. The number of pyridine rings is 1. The number of nitrogens with one attached hydrogen (secondary N) is 2. The van der Waals surface area contributed by atoms with Crippen LogP contribution in [0.15, 0.2) is 42.6 Å². The maximum absolute atomic E-state index is 10.3. The average molecular weight is 603 g/mol. The third-order valence-corrected chi connectivity index (χ3v) is 10.0. The number of benzene rings is 1. The smallest absolute Gasteiger partial charge is 0.225 e. The third-order valence-electron chi connectivity index (χ3n) is 8.97. The topological polar surface area (TPSA) is 114 Å². The average Bonchev–Trinajstić information content (AvgIpc) is 3.72. The molecule has 2 unspecified atom stereocenters. The summed E-state index contributed by atoms with van der Waals surface area (Å²) in [6, 6.07) is 12.1. The van der Waals surface area contributed by atoms with E-state index in [1.807, 2.05) is 56.4 Å². The van der Waals surface area contributed by atoms with E-state index in [0.29, 0.717) is 24.1 Å². The number of hydrogen-bond donors (Lipinski definition) is 3. The van der Waals surface area contributed by atoms with Gasteiger partial charge in [-0.1, -0.05) is 63.9 Å². The van der Waals surface area contributed by atoms with Gasteiger partial charge in [0.1, 0.15) is 22.4 Å². The number of hydrogen-bond acceptors (Lipinski definition) is 10. The van der Waals surface area contributed by atoms with Crippen LogP contribution in [-0.4, -0.2) is 55.9 Å². The number of aromatic nitrogens is 4. The van der Waals surface area contributed by atoms with Gasteiger partial charge in [0.15, 0.2) is 6.29 Å². The van der Waals surface area contributed by atoms with Gasteiger partial charge in [0.2, 0.25) is 5.95 Å². The summed E-state index contributed by atoms with van der Waals surface area (Å²) >= 11 is 1.62. The molecule has 3 N–H and O–H groups in total. The summed E-state index contributed by atoms with van der Waals surface area (Å²) in [4.78, 5) is 19.5. The number of ether oxygens (including phenoxy) is 2. The first-order valence-corrected chi connectivity index (χ1v) is 16.3. The fraction of sp³-hybridized carbons (Fsp3) is 0.515. The summed E-state index contributed by atoms with van der Waals surface area (Å²) in [5.74, 6) is 1.77. The minimum atomic E-state index is -0.469. The van der Waals surface area contributed by atoms with Crippen LogP contribution in [0.1, 0.15) is 69.7 Å². The van der Waals surface area contributed by atoms with Gasteiger partial charge in [-0.3, -0.25) is 4.98 Å². The first-order valence-electron chi connectivity index (χ1n) is 15.5. The van der Waals surface area contributed by atoms with Crippen LogP contribution in [0.5, 0.6) is 0 Å². The molecule has 9 nitrogen and oxygen atoms in total. The van der Waals surface area contributed by atoms with Gasteiger partial charge in [-0.25, -0.2) is 9.97 Å². The molecule has 43 heavy (non-hydrogen) atoms. The molecule has 0 bridgehead atoms. The number of aliphatic hydroxyl groups is 1. The van der Waals surface area contributed by atoms with Crippen molar-refractivity contribution in [2.24, 2.45) is 11.8 Å². The number of aryl methyl sites for hydroxylation is 2. The zero-order valence-corrected chi connectivity index (χ0v) is 26.4. The predicted molar refractivity (Wildman–Crippen MR) is 171 cm³/mol. The fourth-order valence-corrected chi connectivity index (χ4v) is 7.49. The van der Waals surface area contributed by atoms with E-state index < -0.39 is 6.29 Å². The summed E-state index contributed by atoms with van der Waals surface area (Å²) in [5, 5.41) is 18.6. The SMILES string of the molecule is CCC[C@@H](Nc1nc(C)c(-c2nc3c(C)nccc3s2)c(NC2C[C@H](CO)[C@H]3OC(c4ccccc4)O[C@@H]23)n1)[C@@H](C)CC. The number of aliphatic hydroxyl groups excluding tert-OH is 1. The van der Waals surface area contributed by atoms with E-state index in [1.54, 1.807) is 11.3 Å². The lowest BCUT2D eigenvalue weighted by Gasteiger charge is -2.26. The first-order chi connectivity index (χ1) is 20.9. The van der Waals surface area contributed by atoms with E-state index >= 15 is 0 Å². The van der Waals surface area contributed by atoms with Gasteiger partial charge in [0, 0.05) is 30.3 Å². The lowest BCUT2D eigenvalue weighted by atomic mass is 9.95. The van der Waals surface area contributed by atoms with Gasteiger partial charge in [0.05, 0.1) is 33.8 Å². The summed E-state index contributed by atoms with van der Waals surface area (Å²) in [5.41, 5.74) is 4.50. The highest BCUT2D eigenvalue weighted by molar-refractivity contribution is 7.21. The molecule has 2 fully saturated rings. The summed E-state index contributed by atoms with van der Waals surface area (Å²) in [6.45, 7) is 10.8. The lowest BCUT2D eigenvalue weighted by Crippen LogP contribution is -2.34. The molecule has 0 amide bonds. The fourth-order valence-electron chi connectivity index (χ4n) is 6.38. The van der Waals surface area contributed by atoms with Crippen LogP contribution in [0.25, 0.3) is 20.8 Å². The Morgan fingerprint density at radius 2 is 1.81 bits per heavy atom. The molecule has 2 aliphatic rings. The summed E-state index contributed by atoms with van der Waals surface area (Å²) in [6.07, 6.45) is 4.80. The molecule has 1 aromatic carbocycles. The van der Waals surface area contributed by atoms with Crippen LogP contribution in [0.4, 0.5) is 11.8 Å². The van der Waals surface area contributed by atoms with Crippen molar-refractivity contribution >= 4 is 33.3 Å². The van der Waals surface area contributed by atoms with Gasteiger partial charge in [-0.05, 0) is 38.7 Å². The summed E-state index contributed by atoms with van der Waals surface area (Å²) < 4.78 is 14.0. The highest BCUT2D eigenvalue weighted by Crippen LogP contribution is 2.45. The molecule has 1 saturated carbocycles. The molecule has 4 heterocycles. The second-order valence-electron chi connectivity index (χ2n) is 11.9. The maximum atomic E-state index is 10.3. The zero-order chi connectivity index (χ0) is 30.1. The molecule has 3 aromatic heterocycles. The van der Waals surface area contributed by atoms with Crippen molar-refractivity contribution in [1.29, 1.82) is 0 Å². The van der Waals surface area contributed by atoms with Crippen LogP contribution < -0.4 is 10.6 Å². The molecule has 7 atom stereocenters. The second-order valence-corrected chi connectivity index (χ2v) is 12.9. The Labute approximate surface area is 257 Å². The van der Waals surface area contributed by atoms with E-state index in [2.05, 4.69) is 36.4 Å². The molecule has 1 aliphatic heterocycles. The molecule has 4 aromatic rings. The highest BCUT2D eigenvalue weighted by atomic mass is 32.1. The Hall–Kier alpha value is -3.18. The molecule has 0 spiro atoms. The highest BCUT2D eigenvalue weighted by Gasteiger charge is 2.51. The maximum Gasteiger partial charge on any atom is 0.225 e. The van der Waals surface area contributed by atoms with Crippen LogP contribution in [0.3, 0.4) is 0 Å². The van der Waals surface area contributed by atoms with E-state index in [0.717, 1.165) is 57.0 Å². The van der Waals surface area contributed by atoms with E-state index in [1.165, 1.54) is 0 Å².